The highest BCUT2D eigenvalue weighted by molar-refractivity contribution is 7.91. The Balaban J connectivity index is 1.62. The molecule has 0 aliphatic rings. The summed E-state index contributed by atoms with van der Waals surface area (Å²) in [6.07, 6.45) is 0.248. The fourth-order valence-corrected chi connectivity index (χ4v) is 4.01. The molecule has 0 unspecified atom stereocenters. The Morgan fingerprint density at radius 2 is 1.70 bits per heavy atom. The average molecular weight is 386 g/mol. The SMILES string of the molecule is O=C(O)c1cc(OCCCS(=O)(=O)c2ccc3ccccc3c2)ccc1O. The van der Waals surface area contributed by atoms with Gasteiger partial charge in [-0.3, -0.25) is 0 Å². The zero-order valence-corrected chi connectivity index (χ0v) is 15.1. The molecule has 3 aromatic carbocycles. The Bertz CT molecular complexity index is 1090. The maximum absolute atomic E-state index is 12.5. The lowest BCUT2D eigenvalue weighted by Gasteiger charge is -2.09. The van der Waals surface area contributed by atoms with Gasteiger partial charge in [0.15, 0.2) is 9.84 Å². The molecule has 0 atom stereocenters. The first kappa shape index (κ1) is 18.7. The van der Waals surface area contributed by atoms with Crippen molar-refractivity contribution in [3.63, 3.8) is 0 Å². The van der Waals surface area contributed by atoms with Crippen LogP contribution >= 0.6 is 0 Å². The van der Waals surface area contributed by atoms with E-state index in [1.165, 1.54) is 18.2 Å². The van der Waals surface area contributed by atoms with Crippen molar-refractivity contribution in [3.8, 4) is 11.5 Å². The maximum Gasteiger partial charge on any atom is 0.339 e. The topological polar surface area (TPSA) is 101 Å². The number of fused-ring (bicyclic) bond motifs is 1. The van der Waals surface area contributed by atoms with Crippen LogP contribution in [-0.4, -0.2) is 37.0 Å². The molecule has 7 heteroatoms. The number of benzene rings is 3. The molecule has 0 saturated heterocycles. The molecule has 0 aliphatic heterocycles. The summed E-state index contributed by atoms with van der Waals surface area (Å²) in [5.74, 6) is -1.45. The Morgan fingerprint density at radius 1 is 0.963 bits per heavy atom. The lowest BCUT2D eigenvalue weighted by molar-refractivity contribution is 0.0693. The predicted octanol–water partition coefficient (Wildman–Crippen LogP) is 3.49. The molecule has 0 aromatic heterocycles. The molecular weight excluding hydrogens is 368 g/mol. The fraction of sp³-hybridized carbons (Fsp3) is 0.150. The van der Waals surface area contributed by atoms with Gasteiger partial charge in [0.1, 0.15) is 17.1 Å². The Hall–Kier alpha value is -3.06. The van der Waals surface area contributed by atoms with Gasteiger partial charge < -0.3 is 14.9 Å². The van der Waals surface area contributed by atoms with Gasteiger partial charge in [0, 0.05) is 0 Å². The summed E-state index contributed by atoms with van der Waals surface area (Å²) in [5, 5.41) is 20.3. The molecule has 0 heterocycles. The van der Waals surface area contributed by atoms with Crippen LogP contribution in [0.5, 0.6) is 11.5 Å². The van der Waals surface area contributed by atoms with Crippen LogP contribution in [0.15, 0.2) is 65.6 Å². The van der Waals surface area contributed by atoms with Crippen LogP contribution in [0, 0.1) is 0 Å². The number of carboxylic acids is 1. The summed E-state index contributed by atoms with van der Waals surface area (Å²) in [4.78, 5) is 11.3. The lowest BCUT2D eigenvalue weighted by atomic mass is 10.1. The van der Waals surface area contributed by atoms with E-state index in [1.807, 2.05) is 24.3 Å². The predicted molar refractivity (Wildman–Crippen MR) is 101 cm³/mol. The number of aromatic hydroxyl groups is 1. The number of carboxylic acid groups (broad SMARTS) is 1. The van der Waals surface area contributed by atoms with Crippen LogP contribution in [0.2, 0.25) is 0 Å². The zero-order chi connectivity index (χ0) is 19.4. The van der Waals surface area contributed by atoms with E-state index in [9.17, 15) is 18.3 Å². The van der Waals surface area contributed by atoms with E-state index in [1.54, 1.807) is 18.2 Å². The van der Waals surface area contributed by atoms with Crippen molar-refractivity contribution >= 4 is 26.6 Å². The van der Waals surface area contributed by atoms with Crippen molar-refractivity contribution < 1.29 is 28.2 Å². The van der Waals surface area contributed by atoms with Gasteiger partial charge in [0.25, 0.3) is 0 Å². The van der Waals surface area contributed by atoms with Crippen LogP contribution in [0.4, 0.5) is 0 Å². The summed E-state index contributed by atoms with van der Waals surface area (Å²) in [5.41, 5.74) is -0.267. The van der Waals surface area contributed by atoms with E-state index in [0.29, 0.717) is 0 Å². The number of phenols is 1. The second-order valence-electron chi connectivity index (χ2n) is 6.01. The second kappa shape index (κ2) is 7.67. The lowest BCUT2D eigenvalue weighted by Crippen LogP contribution is -2.10. The first-order chi connectivity index (χ1) is 12.9. The molecule has 2 N–H and O–H groups in total. The Kier molecular flexibility index (Phi) is 5.32. The monoisotopic (exact) mass is 386 g/mol. The van der Waals surface area contributed by atoms with Crippen molar-refractivity contribution in [1.82, 2.24) is 0 Å². The molecular formula is C20H18O6S. The molecule has 6 nitrogen and oxygen atoms in total. The molecule has 0 spiro atoms. The molecule has 140 valence electrons. The van der Waals surface area contributed by atoms with E-state index in [-0.39, 0.29) is 40.7 Å². The van der Waals surface area contributed by atoms with Crippen molar-refractivity contribution in [2.45, 2.75) is 11.3 Å². The summed E-state index contributed by atoms with van der Waals surface area (Å²) in [6.45, 7) is 0.108. The van der Waals surface area contributed by atoms with Crippen molar-refractivity contribution in [1.29, 1.82) is 0 Å². The Labute approximate surface area is 156 Å². The third-order valence-corrected chi connectivity index (χ3v) is 5.90. The summed E-state index contributed by atoms with van der Waals surface area (Å²) in [7, 11) is -3.45. The maximum atomic E-state index is 12.5. The number of carbonyl (C=O) groups is 1. The van der Waals surface area contributed by atoms with Gasteiger partial charge in [-0.15, -0.1) is 0 Å². The van der Waals surface area contributed by atoms with Crippen LogP contribution in [0.25, 0.3) is 10.8 Å². The minimum absolute atomic E-state index is 0.0881. The van der Waals surface area contributed by atoms with E-state index in [0.717, 1.165) is 10.8 Å². The van der Waals surface area contributed by atoms with E-state index in [4.69, 9.17) is 9.84 Å². The fourth-order valence-electron chi connectivity index (χ4n) is 2.69. The summed E-state index contributed by atoms with van der Waals surface area (Å²) >= 11 is 0. The van der Waals surface area contributed by atoms with E-state index in [2.05, 4.69) is 0 Å². The van der Waals surface area contributed by atoms with Crippen molar-refractivity contribution in [3.05, 3.63) is 66.2 Å². The molecule has 0 radical (unpaired) electrons. The summed E-state index contributed by atoms with van der Waals surface area (Å²) in [6, 6.07) is 16.4. The molecule has 0 amide bonds. The van der Waals surface area contributed by atoms with Gasteiger partial charge in [-0.05, 0) is 47.5 Å². The van der Waals surface area contributed by atoms with Gasteiger partial charge in [-0.25, -0.2) is 13.2 Å². The first-order valence-electron chi connectivity index (χ1n) is 8.27. The average Bonchev–Trinajstić information content (AvgIpc) is 2.65. The summed E-state index contributed by atoms with van der Waals surface area (Å²) < 4.78 is 30.4. The van der Waals surface area contributed by atoms with Gasteiger partial charge in [-0.2, -0.15) is 0 Å². The first-order valence-corrected chi connectivity index (χ1v) is 9.93. The van der Waals surface area contributed by atoms with Gasteiger partial charge in [0.2, 0.25) is 0 Å². The molecule has 3 aromatic rings. The minimum atomic E-state index is -3.45. The highest BCUT2D eigenvalue weighted by Gasteiger charge is 2.15. The Morgan fingerprint density at radius 3 is 2.44 bits per heavy atom. The zero-order valence-electron chi connectivity index (χ0n) is 14.3. The van der Waals surface area contributed by atoms with Crippen LogP contribution in [-0.2, 0) is 9.84 Å². The van der Waals surface area contributed by atoms with E-state index >= 15 is 0 Å². The van der Waals surface area contributed by atoms with E-state index < -0.39 is 15.8 Å². The molecule has 0 saturated carbocycles. The normalized spacial score (nSPS) is 11.4. The third-order valence-electron chi connectivity index (χ3n) is 4.10. The largest absolute Gasteiger partial charge is 0.507 e. The second-order valence-corrected chi connectivity index (χ2v) is 8.12. The van der Waals surface area contributed by atoms with Crippen LogP contribution in [0.1, 0.15) is 16.8 Å². The number of ether oxygens (including phenoxy) is 1. The smallest absolute Gasteiger partial charge is 0.339 e. The number of rotatable bonds is 7. The van der Waals surface area contributed by atoms with Gasteiger partial charge >= 0.3 is 5.97 Å². The minimum Gasteiger partial charge on any atom is -0.507 e. The third kappa shape index (κ3) is 4.38. The molecule has 0 fully saturated rings. The number of aromatic carboxylic acids is 1. The highest BCUT2D eigenvalue weighted by atomic mass is 32.2. The van der Waals surface area contributed by atoms with Gasteiger partial charge in [-0.1, -0.05) is 30.3 Å². The number of hydrogen-bond acceptors (Lipinski definition) is 5. The molecule has 27 heavy (non-hydrogen) atoms. The van der Waals surface area contributed by atoms with Crippen LogP contribution < -0.4 is 4.74 Å². The number of hydrogen-bond donors (Lipinski definition) is 2. The standard InChI is InChI=1S/C20H18O6S/c21-19-9-7-16(13-18(19)20(22)23)26-10-3-11-27(24,25)17-8-6-14-4-1-2-5-15(14)12-17/h1-2,4-9,12-13,21H,3,10-11H2,(H,22,23). The van der Waals surface area contributed by atoms with Crippen LogP contribution in [0.3, 0.4) is 0 Å². The molecule has 3 rings (SSSR count). The molecule has 0 aliphatic carbocycles. The molecule has 0 bridgehead atoms. The number of sulfone groups is 1. The van der Waals surface area contributed by atoms with Gasteiger partial charge in [0.05, 0.1) is 17.3 Å². The van der Waals surface area contributed by atoms with Crippen molar-refractivity contribution in [2.75, 3.05) is 12.4 Å². The quantitative estimate of drug-likeness (QED) is 0.603. The van der Waals surface area contributed by atoms with Crippen molar-refractivity contribution in [2.24, 2.45) is 0 Å². The highest BCUT2D eigenvalue weighted by Crippen LogP contribution is 2.23.